The van der Waals surface area contributed by atoms with Crippen LogP contribution in [0.1, 0.15) is 40.7 Å². The Morgan fingerprint density at radius 3 is 2.39 bits per heavy atom. The fourth-order valence-electron chi connectivity index (χ4n) is 5.09. The van der Waals surface area contributed by atoms with Gasteiger partial charge in [0.25, 0.3) is 5.91 Å². The zero-order chi connectivity index (χ0) is 19.3. The van der Waals surface area contributed by atoms with Crippen LogP contribution < -0.4 is 4.90 Å². The van der Waals surface area contributed by atoms with Crippen molar-refractivity contribution in [2.45, 2.75) is 37.7 Å². The Balaban J connectivity index is 1.27. The third kappa shape index (κ3) is 3.00. The summed E-state index contributed by atoms with van der Waals surface area (Å²) in [5, 5.41) is 9.68. The van der Waals surface area contributed by atoms with Gasteiger partial charge in [0.1, 0.15) is 0 Å². The van der Waals surface area contributed by atoms with Crippen LogP contribution in [0.3, 0.4) is 0 Å². The summed E-state index contributed by atoms with van der Waals surface area (Å²) in [4.78, 5) is 17.4. The van der Waals surface area contributed by atoms with Gasteiger partial charge in [0.2, 0.25) is 0 Å². The second-order valence-electron chi connectivity index (χ2n) is 8.87. The van der Waals surface area contributed by atoms with Gasteiger partial charge in [-0.05, 0) is 61.9 Å². The minimum absolute atomic E-state index is 0.152. The number of carbonyl (C=O) groups excluding carboxylic acids is 1. The molecule has 0 bridgehead atoms. The summed E-state index contributed by atoms with van der Waals surface area (Å²) in [6, 6.07) is 16.9. The van der Waals surface area contributed by atoms with E-state index >= 15 is 0 Å². The van der Waals surface area contributed by atoms with Crippen LogP contribution in [0.4, 0.5) is 5.69 Å². The summed E-state index contributed by atoms with van der Waals surface area (Å²) in [5.41, 5.74) is 4.79. The number of likely N-dealkylation sites (tertiary alicyclic amines) is 1. The average Bonchev–Trinajstić information content (AvgIpc) is 3.29. The van der Waals surface area contributed by atoms with Crippen molar-refractivity contribution in [3.8, 4) is 0 Å². The number of fused-ring (bicyclic) bond motifs is 1. The molecule has 2 saturated heterocycles. The molecule has 4 nitrogen and oxygen atoms in total. The van der Waals surface area contributed by atoms with Crippen LogP contribution in [0, 0.1) is 12.8 Å². The van der Waals surface area contributed by atoms with Gasteiger partial charge in [-0.1, -0.05) is 29.8 Å². The van der Waals surface area contributed by atoms with E-state index in [4.69, 9.17) is 0 Å². The maximum atomic E-state index is 13.1. The molecule has 1 aliphatic carbocycles. The van der Waals surface area contributed by atoms with Crippen LogP contribution in [-0.4, -0.2) is 48.2 Å². The standard InChI is InChI=1S/C24H28N2O2/c1-17-2-6-19(7-3-17)24-14-20(24)15-26(16-24)23(28)18-4-8-21(9-5-18)25-12-10-22(27)11-13-25/h2-9,20,22,27H,10-16H2,1H3. The van der Waals surface area contributed by atoms with E-state index in [-0.39, 0.29) is 17.4 Å². The van der Waals surface area contributed by atoms with Crippen LogP contribution in [0.15, 0.2) is 48.5 Å². The van der Waals surface area contributed by atoms with Gasteiger partial charge < -0.3 is 14.9 Å². The molecule has 2 atom stereocenters. The Morgan fingerprint density at radius 1 is 1.04 bits per heavy atom. The molecular weight excluding hydrogens is 348 g/mol. The molecule has 2 aromatic rings. The van der Waals surface area contributed by atoms with Crippen molar-refractivity contribution in [1.82, 2.24) is 4.90 Å². The highest BCUT2D eigenvalue weighted by molar-refractivity contribution is 5.95. The maximum absolute atomic E-state index is 13.1. The van der Waals surface area contributed by atoms with Gasteiger partial charge in [0.05, 0.1) is 6.10 Å². The Labute approximate surface area is 166 Å². The molecular formula is C24H28N2O2. The van der Waals surface area contributed by atoms with Crippen LogP contribution in [0.2, 0.25) is 0 Å². The first kappa shape index (κ1) is 17.7. The summed E-state index contributed by atoms with van der Waals surface area (Å²) in [6.45, 7) is 5.58. The van der Waals surface area contributed by atoms with E-state index in [9.17, 15) is 9.90 Å². The fraction of sp³-hybridized carbons (Fsp3) is 0.458. The second kappa shape index (κ2) is 6.63. The second-order valence-corrected chi connectivity index (χ2v) is 8.87. The summed E-state index contributed by atoms with van der Waals surface area (Å²) in [7, 11) is 0. The number of anilines is 1. The number of amides is 1. The van der Waals surface area contributed by atoms with E-state index in [0.717, 1.165) is 50.3 Å². The van der Waals surface area contributed by atoms with Gasteiger partial charge in [0.15, 0.2) is 0 Å². The molecule has 1 saturated carbocycles. The van der Waals surface area contributed by atoms with E-state index in [1.807, 2.05) is 17.0 Å². The first-order valence-corrected chi connectivity index (χ1v) is 10.4. The van der Waals surface area contributed by atoms with Crippen molar-refractivity contribution >= 4 is 11.6 Å². The summed E-state index contributed by atoms with van der Waals surface area (Å²) in [5.74, 6) is 0.762. The summed E-state index contributed by atoms with van der Waals surface area (Å²) < 4.78 is 0. The molecule has 2 aromatic carbocycles. The zero-order valence-electron chi connectivity index (χ0n) is 16.5. The fourth-order valence-corrected chi connectivity index (χ4v) is 5.09. The third-order valence-corrected chi connectivity index (χ3v) is 7.00. The lowest BCUT2D eigenvalue weighted by Gasteiger charge is -2.31. The van der Waals surface area contributed by atoms with Gasteiger partial charge in [-0.3, -0.25) is 4.79 Å². The highest BCUT2D eigenvalue weighted by Gasteiger charge is 2.61. The van der Waals surface area contributed by atoms with Crippen molar-refractivity contribution in [2.24, 2.45) is 5.92 Å². The molecule has 0 spiro atoms. The highest BCUT2D eigenvalue weighted by Crippen LogP contribution is 2.59. The predicted molar refractivity (Wildman–Crippen MR) is 111 cm³/mol. The first-order chi connectivity index (χ1) is 13.5. The van der Waals surface area contributed by atoms with Gasteiger partial charge in [-0.25, -0.2) is 0 Å². The number of aliphatic hydroxyl groups excluding tert-OH is 1. The lowest BCUT2D eigenvalue weighted by atomic mass is 9.94. The number of benzene rings is 2. The molecule has 2 unspecified atom stereocenters. The Bertz CT molecular complexity index is 868. The lowest BCUT2D eigenvalue weighted by molar-refractivity contribution is 0.0772. The molecule has 2 heterocycles. The minimum Gasteiger partial charge on any atom is -0.393 e. The van der Waals surface area contributed by atoms with E-state index < -0.39 is 0 Å². The normalized spacial score (nSPS) is 27.0. The van der Waals surface area contributed by atoms with E-state index in [1.54, 1.807) is 0 Å². The largest absolute Gasteiger partial charge is 0.393 e. The van der Waals surface area contributed by atoms with Crippen LogP contribution in [-0.2, 0) is 5.41 Å². The smallest absolute Gasteiger partial charge is 0.253 e. The number of nitrogens with zero attached hydrogens (tertiary/aromatic N) is 2. The van der Waals surface area contributed by atoms with Gasteiger partial charge in [-0.15, -0.1) is 0 Å². The number of rotatable bonds is 3. The molecule has 3 fully saturated rings. The Kier molecular flexibility index (Phi) is 4.20. The van der Waals surface area contributed by atoms with Crippen LogP contribution in [0.5, 0.6) is 0 Å². The SMILES string of the molecule is Cc1ccc(C23CC2CN(C(=O)c2ccc(N4CCC(O)CC4)cc2)C3)cc1. The predicted octanol–water partition coefficient (Wildman–Crippen LogP) is 3.37. The minimum atomic E-state index is -0.167. The number of hydrogen-bond acceptors (Lipinski definition) is 3. The van der Waals surface area contributed by atoms with Crippen LogP contribution in [0.25, 0.3) is 0 Å². The number of piperidine rings is 2. The maximum Gasteiger partial charge on any atom is 0.253 e. The van der Waals surface area contributed by atoms with Crippen molar-refractivity contribution in [2.75, 3.05) is 31.1 Å². The number of aliphatic hydroxyl groups is 1. The van der Waals surface area contributed by atoms with Crippen molar-refractivity contribution < 1.29 is 9.90 Å². The first-order valence-electron chi connectivity index (χ1n) is 10.4. The zero-order valence-corrected chi connectivity index (χ0v) is 16.5. The molecule has 0 radical (unpaired) electrons. The number of aryl methyl sites for hydroxylation is 1. The Morgan fingerprint density at radius 2 is 1.71 bits per heavy atom. The molecule has 0 aromatic heterocycles. The van der Waals surface area contributed by atoms with Gasteiger partial charge in [0, 0.05) is 42.8 Å². The number of hydrogen-bond donors (Lipinski definition) is 1. The summed E-state index contributed by atoms with van der Waals surface area (Å²) in [6.07, 6.45) is 2.67. The monoisotopic (exact) mass is 376 g/mol. The molecule has 3 aliphatic rings. The quantitative estimate of drug-likeness (QED) is 0.893. The molecule has 1 N–H and O–H groups in total. The molecule has 5 rings (SSSR count). The van der Waals surface area contributed by atoms with E-state index in [2.05, 4.69) is 48.2 Å². The molecule has 28 heavy (non-hydrogen) atoms. The molecule has 4 heteroatoms. The van der Waals surface area contributed by atoms with Gasteiger partial charge >= 0.3 is 0 Å². The van der Waals surface area contributed by atoms with Crippen molar-refractivity contribution in [3.63, 3.8) is 0 Å². The Hall–Kier alpha value is -2.33. The topological polar surface area (TPSA) is 43.8 Å². The average molecular weight is 377 g/mol. The number of carbonyl (C=O) groups is 1. The third-order valence-electron chi connectivity index (χ3n) is 7.00. The lowest BCUT2D eigenvalue weighted by Crippen LogP contribution is -2.36. The highest BCUT2D eigenvalue weighted by atomic mass is 16.3. The van der Waals surface area contributed by atoms with Crippen molar-refractivity contribution in [3.05, 3.63) is 65.2 Å². The summed E-state index contributed by atoms with van der Waals surface area (Å²) >= 11 is 0. The van der Waals surface area contributed by atoms with Crippen LogP contribution >= 0.6 is 0 Å². The van der Waals surface area contributed by atoms with Gasteiger partial charge in [-0.2, -0.15) is 0 Å². The van der Waals surface area contributed by atoms with E-state index in [1.165, 1.54) is 17.5 Å². The molecule has 146 valence electrons. The molecule has 1 amide bonds. The van der Waals surface area contributed by atoms with E-state index in [0.29, 0.717) is 5.92 Å². The molecule has 2 aliphatic heterocycles. The van der Waals surface area contributed by atoms with Crippen molar-refractivity contribution in [1.29, 1.82) is 0 Å².